The number of anilines is 2. The number of carbonyl (C=O) groups excluding carboxylic acids is 2. The molecule has 0 aromatic heterocycles. The number of benzene rings is 3. The van der Waals surface area contributed by atoms with Gasteiger partial charge in [0.25, 0.3) is 5.91 Å². The number of rotatable bonds is 8. The highest BCUT2D eigenvalue weighted by molar-refractivity contribution is 8.03. The number of nitrogens with zero attached hydrogens (tertiary/aromatic N) is 1. The molecule has 0 bridgehead atoms. The van der Waals surface area contributed by atoms with Gasteiger partial charge in [0.05, 0.1) is 41.1 Å². The van der Waals surface area contributed by atoms with Gasteiger partial charge < -0.3 is 20.7 Å². The summed E-state index contributed by atoms with van der Waals surface area (Å²) in [6.07, 6.45) is 0. The number of amides is 2. The molecule has 1 atom stereocenters. The zero-order valence-electron chi connectivity index (χ0n) is 21.0. The van der Waals surface area contributed by atoms with Gasteiger partial charge in [0.15, 0.2) is 0 Å². The Kier molecular flexibility index (Phi) is 8.92. The van der Waals surface area contributed by atoms with Crippen LogP contribution in [0.1, 0.15) is 18.4 Å². The summed E-state index contributed by atoms with van der Waals surface area (Å²) in [6, 6.07) is 21.7. The third kappa shape index (κ3) is 6.42. The lowest BCUT2D eigenvalue weighted by atomic mass is 9.82. The Labute approximate surface area is 234 Å². The van der Waals surface area contributed by atoms with E-state index in [-0.39, 0.29) is 17.2 Å². The zero-order valence-corrected chi connectivity index (χ0v) is 22.6. The minimum atomic E-state index is -0.790. The first kappa shape index (κ1) is 27.8. The van der Waals surface area contributed by atoms with Gasteiger partial charge in [-0.05, 0) is 55.0 Å². The SMILES string of the molecule is COc1ccccc1NC(=O)C1=C(C)NC(SCC(=O)Nc2ccc(F)cc2)=C(C#N)C1c1ccccc1Cl. The van der Waals surface area contributed by atoms with Gasteiger partial charge in [0, 0.05) is 22.0 Å². The molecule has 0 aliphatic carbocycles. The Hall–Kier alpha value is -4.26. The van der Waals surface area contributed by atoms with Crippen LogP contribution in [0.2, 0.25) is 5.02 Å². The smallest absolute Gasteiger partial charge is 0.254 e. The molecule has 3 N–H and O–H groups in total. The number of para-hydroxylation sites is 2. The van der Waals surface area contributed by atoms with Gasteiger partial charge in [0.1, 0.15) is 11.6 Å². The van der Waals surface area contributed by atoms with E-state index in [9.17, 15) is 19.2 Å². The molecule has 3 aromatic rings. The fourth-order valence-electron chi connectivity index (χ4n) is 4.15. The summed E-state index contributed by atoms with van der Waals surface area (Å²) in [5.41, 5.74) is 2.57. The Balaban J connectivity index is 1.65. The fraction of sp³-hybridized carbons (Fsp3) is 0.138. The molecular formula is C29H24ClFN4O3S. The number of carbonyl (C=O) groups is 2. The summed E-state index contributed by atoms with van der Waals surface area (Å²) in [4.78, 5) is 26.3. The third-order valence-electron chi connectivity index (χ3n) is 5.94. The second-order valence-electron chi connectivity index (χ2n) is 8.47. The van der Waals surface area contributed by atoms with Crippen molar-refractivity contribution in [1.29, 1.82) is 5.26 Å². The van der Waals surface area contributed by atoms with Crippen LogP contribution in [-0.4, -0.2) is 24.7 Å². The molecule has 3 aromatic carbocycles. The minimum absolute atomic E-state index is 0.0316. The van der Waals surface area contributed by atoms with Gasteiger partial charge in [-0.15, -0.1) is 0 Å². The molecule has 0 radical (unpaired) electrons. The lowest BCUT2D eigenvalue weighted by Crippen LogP contribution is -2.31. The number of hydrogen-bond donors (Lipinski definition) is 3. The third-order valence-corrected chi connectivity index (χ3v) is 7.30. The van der Waals surface area contributed by atoms with Crippen molar-refractivity contribution in [3.8, 4) is 11.8 Å². The summed E-state index contributed by atoms with van der Waals surface area (Å²) >= 11 is 7.68. The van der Waals surface area contributed by atoms with Crippen LogP contribution in [-0.2, 0) is 9.59 Å². The van der Waals surface area contributed by atoms with Crippen molar-refractivity contribution < 1.29 is 18.7 Å². The molecule has 0 spiro atoms. The molecule has 198 valence electrons. The molecule has 1 aliphatic heterocycles. The van der Waals surface area contributed by atoms with E-state index < -0.39 is 17.6 Å². The van der Waals surface area contributed by atoms with Crippen LogP contribution in [0.5, 0.6) is 5.75 Å². The average Bonchev–Trinajstić information content (AvgIpc) is 2.93. The van der Waals surface area contributed by atoms with Crippen LogP contribution in [0.25, 0.3) is 0 Å². The van der Waals surface area contributed by atoms with E-state index >= 15 is 0 Å². The quantitative estimate of drug-likeness (QED) is 0.302. The van der Waals surface area contributed by atoms with Crippen molar-refractivity contribution in [2.75, 3.05) is 23.5 Å². The molecule has 10 heteroatoms. The van der Waals surface area contributed by atoms with E-state index in [2.05, 4.69) is 22.0 Å². The molecular weight excluding hydrogens is 539 g/mol. The van der Waals surface area contributed by atoms with E-state index in [1.165, 1.54) is 31.4 Å². The van der Waals surface area contributed by atoms with E-state index in [0.29, 0.717) is 44.0 Å². The van der Waals surface area contributed by atoms with Crippen LogP contribution in [0.4, 0.5) is 15.8 Å². The minimum Gasteiger partial charge on any atom is -0.495 e. The summed E-state index contributed by atoms with van der Waals surface area (Å²) in [6.45, 7) is 1.73. The first-order valence-corrected chi connectivity index (χ1v) is 13.2. The number of ether oxygens (including phenoxy) is 1. The maximum atomic E-state index is 13.7. The summed E-state index contributed by atoms with van der Waals surface area (Å²) in [5, 5.41) is 19.8. The summed E-state index contributed by atoms with van der Waals surface area (Å²) < 4.78 is 18.5. The highest BCUT2D eigenvalue weighted by Crippen LogP contribution is 2.43. The number of methoxy groups -OCH3 is 1. The first-order valence-electron chi connectivity index (χ1n) is 11.8. The second kappa shape index (κ2) is 12.5. The van der Waals surface area contributed by atoms with Crippen molar-refractivity contribution in [2.45, 2.75) is 12.8 Å². The maximum Gasteiger partial charge on any atom is 0.254 e. The van der Waals surface area contributed by atoms with Crippen LogP contribution in [0, 0.1) is 17.1 Å². The fourth-order valence-corrected chi connectivity index (χ4v) is 5.29. The van der Waals surface area contributed by atoms with E-state index in [1.807, 2.05) is 0 Å². The Morgan fingerprint density at radius 1 is 1.08 bits per heavy atom. The standard InChI is InChI=1S/C29H24ClFN4O3S/c1-17-26(28(37)35-23-9-5-6-10-24(23)38-2)27(20-7-3-4-8-22(20)30)21(15-32)29(33-17)39-16-25(36)34-19-13-11-18(31)12-14-19/h3-14,27,33H,16H2,1-2H3,(H,34,36)(H,35,37). The predicted octanol–water partition coefficient (Wildman–Crippen LogP) is 6.19. The molecule has 39 heavy (non-hydrogen) atoms. The Morgan fingerprint density at radius 3 is 2.46 bits per heavy atom. The first-order chi connectivity index (χ1) is 18.8. The number of allylic oxidation sites excluding steroid dienone is 2. The Morgan fingerprint density at radius 2 is 1.77 bits per heavy atom. The number of halogens is 2. The number of nitriles is 1. The number of hydrogen-bond acceptors (Lipinski definition) is 6. The van der Waals surface area contributed by atoms with Crippen molar-refractivity contribution in [3.05, 3.63) is 111 Å². The van der Waals surface area contributed by atoms with Crippen molar-refractivity contribution >= 4 is 46.6 Å². The number of nitrogens with one attached hydrogen (secondary N) is 3. The zero-order chi connectivity index (χ0) is 27.9. The molecule has 1 aliphatic rings. The molecule has 1 heterocycles. The molecule has 0 saturated heterocycles. The van der Waals surface area contributed by atoms with Gasteiger partial charge in [-0.3, -0.25) is 9.59 Å². The van der Waals surface area contributed by atoms with E-state index in [1.54, 1.807) is 55.5 Å². The van der Waals surface area contributed by atoms with Crippen LogP contribution in [0.15, 0.2) is 94.7 Å². The van der Waals surface area contributed by atoms with E-state index in [0.717, 1.165) is 11.8 Å². The van der Waals surface area contributed by atoms with E-state index in [4.69, 9.17) is 16.3 Å². The monoisotopic (exact) mass is 562 g/mol. The van der Waals surface area contributed by atoms with Gasteiger partial charge in [-0.2, -0.15) is 5.26 Å². The van der Waals surface area contributed by atoms with Gasteiger partial charge in [-0.1, -0.05) is 53.7 Å². The number of dihydropyridines is 1. The molecule has 7 nitrogen and oxygen atoms in total. The van der Waals surface area contributed by atoms with Crippen molar-refractivity contribution in [2.24, 2.45) is 0 Å². The van der Waals surface area contributed by atoms with Gasteiger partial charge >= 0.3 is 0 Å². The topological polar surface area (TPSA) is 103 Å². The predicted molar refractivity (Wildman–Crippen MR) is 152 cm³/mol. The van der Waals surface area contributed by atoms with Gasteiger partial charge in [0.2, 0.25) is 5.91 Å². The normalized spacial score (nSPS) is 14.8. The molecule has 1 unspecified atom stereocenters. The molecule has 4 rings (SSSR count). The summed E-state index contributed by atoms with van der Waals surface area (Å²) in [5.74, 6) is -1.51. The average molecular weight is 563 g/mol. The van der Waals surface area contributed by atoms with Gasteiger partial charge in [-0.25, -0.2) is 4.39 Å². The molecule has 0 saturated carbocycles. The van der Waals surface area contributed by atoms with Crippen LogP contribution in [0.3, 0.4) is 0 Å². The van der Waals surface area contributed by atoms with Crippen LogP contribution >= 0.6 is 23.4 Å². The van der Waals surface area contributed by atoms with Crippen molar-refractivity contribution in [3.63, 3.8) is 0 Å². The largest absolute Gasteiger partial charge is 0.495 e. The number of thioether (sulfide) groups is 1. The lowest BCUT2D eigenvalue weighted by molar-refractivity contribution is -0.114. The highest BCUT2D eigenvalue weighted by Gasteiger charge is 2.36. The molecule has 0 fully saturated rings. The van der Waals surface area contributed by atoms with Crippen LogP contribution < -0.4 is 20.7 Å². The second-order valence-corrected chi connectivity index (χ2v) is 9.86. The summed E-state index contributed by atoms with van der Waals surface area (Å²) in [7, 11) is 1.51. The lowest BCUT2D eigenvalue weighted by Gasteiger charge is -2.30. The molecule has 2 amide bonds. The van der Waals surface area contributed by atoms with Crippen molar-refractivity contribution in [1.82, 2.24) is 5.32 Å². The Bertz CT molecular complexity index is 1520. The maximum absolute atomic E-state index is 13.7. The highest BCUT2D eigenvalue weighted by atomic mass is 35.5.